The third kappa shape index (κ3) is 4.09. The minimum Gasteiger partial charge on any atom is -0.372 e. The topological polar surface area (TPSA) is 81.4 Å². The molecule has 2 aromatic carbocycles. The van der Waals surface area contributed by atoms with E-state index < -0.39 is 6.04 Å². The highest BCUT2D eigenvalue weighted by Gasteiger charge is 2.32. The first-order valence-electron chi connectivity index (χ1n) is 12.2. The number of aromatic nitrogens is 3. The van der Waals surface area contributed by atoms with E-state index in [1.165, 1.54) is 10.4 Å². The first-order valence-corrected chi connectivity index (χ1v) is 13.4. The molecule has 0 radical (unpaired) electrons. The fourth-order valence-electron chi connectivity index (χ4n) is 5.06. The fraction of sp³-hybridized carbons (Fsp3) is 0.286. The maximum absolute atomic E-state index is 13.4. The van der Waals surface area contributed by atoms with Gasteiger partial charge in [0.05, 0.1) is 25.3 Å². The molecular formula is C28H26ClN5O2S. The number of ether oxygens (including phenoxy) is 1. The van der Waals surface area contributed by atoms with Crippen molar-refractivity contribution in [1.82, 2.24) is 14.8 Å². The monoisotopic (exact) mass is 531 g/mol. The van der Waals surface area contributed by atoms with Gasteiger partial charge in [-0.05, 0) is 68.1 Å². The number of hydrogen-bond acceptors (Lipinski definition) is 6. The van der Waals surface area contributed by atoms with Crippen molar-refractivity contribution in [3.8, 4) is 5.00 Å². The smallest absolute Gasteiger partial charge is 0.227 e. The van der Waals surface area contributed by atoms with Crippen LogP contribution in [0.1, 0.15) is 62.4 Å². The Labute approximate surface area is 224 Å². The third-order valence-corrected chi connectivity index (χ3v) is 8.65. The zero-order valence-corrected chi connectivity index (χ0v) is 22.6. The van der Waals surface area contributed by atoms with Crippen molar-refractivity contribution in [3.05, 3.63) is 91.3 Å². The number of fused-ring (bicyclic) bond motifs is 4. The van der Waals surface area contributed by atoms with E-state index >= 15 is 0 Å². The molecule has 9 heteroatoms. The van der Waals surface area contributed by atoms with Crippen LogP contribution in [0, 0.1) is 27.7 Å². The number of nitrogens with zero attached hydrogens (tertiary/aromatic N) is 4. The summed E-state index contributed by atoms with van der Waals surface area (Å²) in [6.45, 7) is 9.38. The Hall–Kier alpha value is -3.33. The minimum absolute atomic E-state index is 0.128. The maximum Gasteiger partial charge on any atom is 0.227 e. The van der Waals surface area contributed by atoms with E-state index in [1.807, 2.05) is 50.2 Å². The number of carbonyl (C=O) groups excluding carboxylic acids is 1. The van der Waals surface area contributed by atoms with Crippen LogP contribution in [-0.2, 0) is 22.7 Å². The van der Waals surface area contributed by atoms with Gasteiger partial charge >= 0.3 is 0 Å². The van der Waals surface area contributed by atoms with Gasteiger partial charge in [0.1, 0.15) is 16.9 Å². The second kappa shape index (κ2) is 9.20. The first kappa shape index (κ1) is 24.0. The number of halogens is 1. The van der Waals surface area contributed by atoms with Crippen LogP contribution in [0.5, 0.6) is 0 Å². The van der Waals surface area contributed by atoms with Crippen molar-refractivity contribution in [1.29, 1.82) is 0 Å². The molecule has 0 fully saturated rings. The molecule has 188 valence electrons. The van der Waals surface area contributed by atoms with Gasteiger partial charge < -0.3 is 10.1 Å². The van der Waals surface area contributed by atoms with Crippen LogP contribution in [0.15, 0.2) is 41.4 Å². The number of nitrogens with one attached hydrogen (secondary N) is 1. The molecule has 0 unspecified atom stereocenters. The molecular weight excluding hydrogens is 506 g/mol. The number of rotatable bonds is 4. The van der Waals surface area contributed by atoms with Crippen LogP contribution in [-0.4, -0.2) is 26.4 Å². The van der Waals surface area contributed by atoms with Crippen molar-refractivity contribution in [3.63, 3.8) is 0 Å². The number of carbonyl (C=O) groups is 1. The lowest BCUT2D eigenvalue weighted by Crippen LogP contribution is -2.18. The summed E-state index contributed by atoms with van der Waals surface area (Å²) in [4.78, 5) is 19.8. The van der Waals surface area contributed by atoms with Crippen LogP contribution < -0.4 is 5.32 Å². The molecule has 1 amide bonds. The lowest BCUT2D eigenvalue weighted by Gasteiger charge is -2.15. The predicted molar refractivity (Wildman–Crippen MR) is 146 cm³/mol. The van der Waals surface area contributed by atoms with Crippen LogP contribution >= 0.6 is 22.9 Å². The lowest BCUT2D eigenvalue weighted by atomic mass is 9.99. The Morgan fingerprint density at radius 2 is 1.86 bits per heavy atom. The Kier molecular flexibility index (Phi) is 5.98. The fourth-order valence-corrected chi connectivity index (χ4v) is 6.40. The standard InChI is InChI=1S/C28H26ClN5O2S/c1-14-16(3)37-28-25(14)26(18-5-8-20(29)9-6-18)31-23(27-33-32-17(4)34(27)28)11-24(35)30-22-10-7-19-12-36-13-21(19)15(22)2/h5-10,23H,11-13H2,1-4H3,(H,30,35)/t23-/m0/s1. The molecule has 2 aliphatic heterocycles. The molecule has 4 heterocycles. The van der Waals surface area contributed by atoms with E-state index in [9.17, 15) is 4.79 Å². The summed E-state index contributed by atoms with van der Waals surface area (Å²) >= 11 is 7.89. The number of hydrogen-bond donors (Lipinski definition) is 1. The second-order valence-electron chi connectivity index (χ2n) is 9.53. The Morgan fingerprint density at radius 1 is 1.08 bits per heavy atom. The summed E-state index contributed by atoms with van der Waals surface area (Å²) in [7, 11) is 0. The number of amides is 1. The number of aliphatic imine (C=N–C) groups is 1. The normalized spacial score (nSPS) is 16.0. The van der Waals surface area contributed by atoms with Gasteiger partial charge in [-0.1, -0.05) is 29.8 Å². The highest BCUT2D eigenvalue weighted by Crippen LogP contribution is 2.40. The molecule has 0 bridgehead atoms. The molecule has 0 saturated carbocycles. The van der Waals surface area contributed by atoms with Crippen LogP contribution in [0.25, 0.3) is 5.00 Å². The third-order valence-electron chi connectivity index (χ3n) is 7.21. The molecule has 0 aliphatic carbocycles. The highest BCUT2D eigenvalue weighted by atomic mass is 35.5. The van der Waals surface area contributed by atoms with Gasteiger partial charge in [0.25, 0.3) is 0 Å². The zero-order chi connectivity index (χ0) is 25.8. The summed E-state index contributed by atoms with van der Waals surface area (Å²) in [6.07, 6.45) is 0.134. The lowest BCUT2D eigenvalue weighted by molar-refractivity contribution is -0.116. The highest BCUT2D eigenvalue weighted by molar-refractivity contribution is 7.15. The Morgan fingerprint density at radius 3 is 2.65 bits per heavy atom. The molecule has 1 atom stereocenters. The van der Waals surface area contributed by atoms with Crippen LogP contribution in [0.3, 0.4) is 0 Å². The van der Waals surface area contributed by atoms with Crippen molar-refractivity contribution in [2.45, 2.75) is 53.4 Å². The number of anilines is 1. The molecule has 37 heavy (non-hydrogen) atoms. The summed E-state index contributed by atoms with van der Waals surface area (Å²) < 4.78 is 7.64. The average molecular weight is 532 g/mol. The molecule has 4 aromatic rings. The quantitative estimate of drug-likeness (QED) is 0.341. The number of benzene rings is 2. The minimum atomic E-state index is -0.510. The summed E-state index contributed by atoms with van der Waals surface area (Å²) in [6, 6.07) is 11.2. The Bertz CT molecular complexity index is 1590. The Balaban J connectivity index is 1.42. The summed E-state index contributed by atoms with van der Waals surface area (Å²) in [5.41, 5.74) is 8.16. The maximum atomic E-state index is 13.4. The van der Waals surface area contributed by atoms with Crippen molar-refractivity contribution in [2.24, 2.45) is 4.99 Å². The van der Waals surface area contributed by atoms with Gasteiger partial charge in [-0.3, -0.25) is 14.4 Å². The molecule has 0 saturated heterocycles. The van der Waals surface area contributed by atoms with Gasteiger partial charge in [0.2, 0.25) is 5.91 Å². The van der Waals surface area contributed by atoms with Crippen molar-refractivity contribution < 1.29 is 9.53 Å². The van der Waals surface area contributed by atoms with E-state index in [2.05, 4.69) is 33.9 Å². The first-order chi connectivity index (χ1) is 17.8. The zero-order valence-electron chi connectivity index (χ0n) is 21.1. The molecule has 7 nitrogen and oxygen atoms in total. The van der Waals surface area contributed by atoms with Crippen LogP contribution in [0.2, 0.25) is 5.02 Å². The van der Waals surface area contributed by atoms with E-state index in [0.717, 1.165) is 50.0 Å². The molecule has 1 N–H and O–H groups in total. The van der Waals surface area contributed by atoms with E-state index in [-0.39, 0.29) is 12.3 Å². The summed E-state index contributed by atoms with van der Waals surface area (Å²) in [5, 5.41) is 13.7. The van der Waals surface area contributed by atoms with Crippen LogP contribution in [0.4, 0.5) is 5.69 Å². The van der Waals surface area contributed by atoms with Crippen molar-refractivity contribution in [2.75, 3.05) is 5.32 Å². The van der Waals surface area contributed by atoms with Crippen molar-refractivity contribution >= 4 is 40.2 Å². The largest absolute Gasteiger partial charge is 0.372 e. The summed E-state index contributed by atoms with van der Waals surface area (Å²) in [5.74, 6) is 1.31. The second-order valence-corrected chi connectivity index (χ2v) is 11.2. The number of aryl methyl sites for hydroxylation is 2. The van der Waals surface area contributed by atoms with E-state index in [4.69, 9.17) is 21.3 Å². The van der Waals surface area contributed by atoms with E-state index in [1.54, 1.807) is 11.3 Å². The molecule has 6 rings (SSSR count). The molecule has 0 spiro atoms. The van der Waals surface area contributed by atoms with Gasteiger partial charge in [-0.15, -0.1) is 21.5 Å². The van der Waals surface area contributed by atoms with E-state index in [0.29, 0.717) is 24.1 Å². The number of thiophene rings is 1. The van der Waals surface area contributed by atoms with Gasteiger partial charge in [0.15, 0.2) is 5.82 Å². The predicted octanol–water partition coefficient (Wildman–Crippen LogP) is 6.17. The van der Waals surface area contributed by atoms with Gasteiger partial charge in [-0.2, -0.15) is 0 Å². The molecule has 2 aromatic heterocycles. The average Bonchev–Trinajstić information content (AvgIpc) is 3.55. The SMILES string of the molecule is Cc1sc2c(c1C)C(c1ccc(Cl)cc1)=N[C@@H](CC(=O)Nc1ccc3c(c1C)COC3)c1nnc(C)n1-2. The van der Waals surface area contributed by atoms with Gasteiger partial charge in [0, 0.05) is 26.7 Å². The van der Waals surface area contributed by atoms with Gasteiger partial charge in [-0.25, -0.2) is 0 Å². The molecule has 2 aliphatic rings.